The molecule has 1 aromatic carbocycles. The van der Waals surface area contributed by atoms with Crippen LogP contribution in [-0.4, -0.2) is 12.5 Å². The summed E-state index contributed by atoms with van der Waals surface area (Å²) < 4.78 is 13.0. The van der Waals surface area contributed by atoms with Gasteiger partial charge in [0, 0.05) is 6.54 Å². The lowest BCUT2D eigenvalue weighted by Gasteiger charge is -2.25. The molecule has 0 radical (unpaired) electrons. The molecule has 0 spiro atoms. The number of nitrogens with two attached hydrogens (primary N) is 1. The predicted octanol–water partition coefficient (Wildman–Crippen LogP) is 2.01. The fourth-order valence-corrected chi connectivity index (χ4v) is 1.39. The highest BCUT2D eigenvalue weighted by molar-refractivity contribution is 5.96. The summed E-state index contributed by atoms with van der Waals surface area (Å²) in [5, 5.41) is 11.5. The van der Waals surface area contributed by atoms with Crippen LogP contribution in [0.25, 0.3) is 0 Å². The van der Waals surface area contributed by atoms with Crippen LogP contribution in [0.2, 0.25) is 0 Å². The van der Waals surface area contributed by atoms with E-state index in [0.29, 0.717) is 12.1 Å². The number of anilines is 1. The molecule has 0 fully saturated rings. The Morgan fingerprint density at radius 3 is 2.78 bits per heavy atom. The first-order chi connectivity index (χ1) is 8.46. The Balaban J connectivity index is 2.99. The first-order valence-electron chi connectivity index (χ1n) is 5.68. The number of carbonyl (C=O) groups is 1. The quantitative estimate of drug-likeness (QED) is 0.856. The van der Waals surface area contributed by atoms with Gasteiger partial charge < -0.3 is 11.1 Å². The number of nitrogens with one attached hydrogen (secondary N) is 1. The zero-order chi connectivity index (χ0) is 13.8. The second-order valence-electron chi connectivity index (χ2n) is 4.37. The number of hydrogen-bond acceptors (Lipinski definition) is 3. The second kappa shape index (κ2) is 5.61. The Bertz CT molecular complexity index is 489. The standard InChI is InChI=1S/C13H16FN3O/c1-3-13(2,8-16)12(18)17-11-5-4-10(14)6-9(11)7-15/h4-6H,3,8,16H2,1-2H3,(H,17,18). The molecule has 0 aromatic heterocycles. The van der Waals surface area contributed by atoms with Crippen molar-refractivity contribution >= 4 is 11.6 Å². The molecule has 1 atom stereocenters. The van der Waals surface area contributed by atoms with Crippen LogP contribution < -0.4 is 11.1 Å². The molecule has 1 rings (SSSR count). The Morgan fingerprint density at radius 2 is 2.28 bits per heavy atom. The molecule has 96 valence electrons. The fraction of sp³-hybridized carbons (Fsp3) is 0.385. The van der Waals surface area contributed by atoms with Crippen molar-refractivity contribution in [2.24, 2.45) is 11.1 Å². The lowest BCUT2D eigenvalue weighted by Crippen LogP contribution is -2.39. The average molecular weight is 249 g/mol. The Hall–Kier alpha value is -1.93. The number of amides is 1. The molecule has 0 aliphatic rings. The number of nitrogens with zero attached hydrogens (tertiary/aromatic N) is 1. The maximum atomic E-state index is 13.0. The lowest BCUT2D eigenvalue weighted by molar-refractivity contribution is -0.124. The van der Waals surface area contributed by atoms with Gasteiger partial charge in [-0.3, -0.25) is 4.79 Å². The van der Waals surface area contributed by atoms with Crippen molar-refractivity contribution in [3.05, 3.63) is 29.6 Å². The molecule has 0 heterocycles. The van der Waals surface area contributed by atoms with Gasteiger partial charge in [0.2, 0.25) is 5.91 Å². The third-order valence-electron chi connectivity index (χ3n) is 3.13. The zero-order valence-corrected chi connectivity index (χ0v) is 10.5. The van der Waals surface area contributed by atoms with Gasteiger partial charge in [-0.1, -0.05) is 6.92 Å². The summed E-state index contributed by atoms with van der Waals surface area (Å²) >= 11 is 0. The molecule has 5 heteroatoms. The SMILES string of the molecule is CCC(C)(CN)C(=O)Nc1ccc(F)cc1C#N. The predicted molar refractivity (Wildman–Crippen MR) is 67.2 cm³/mol. The molecule has 1 unspecified atom stereocenters. The Kier molecular flexibility index (Phi) is 4.40. The van der Waals surface area contributed by atoms with Crippen LogP contribution in [0.4, 0.5) is 10.1 Å². The van der Waals surface area contributed by atoms with E-state index < -0.39 is 11.2 Å². The maximum Gasteiger partial charge on any atom is 0.231 e. The third kappa shape index (κ3) is 2.84. The van der Waals surface area contributed by atoms with Crippen LogP contribution in [-0.2, 0) is 4.79 Å². The van der Waals surface area contributed by atoms with Crippen LogP contribution in [0.15, 0.2) is 18.2 Å². The van der Waals surface area contributed by atoms with Crippen LogP contribution >= 0.6 is 0 Å². The minimum Gasteiger partial charge on any atom is -0.329 e. The van der Waals surface area contributed by atoms with E-state index in [1.807, 2.05) is 13.0 Å². The average Bonchev–Trinajstić information content (AvgIpc) is 2.39. The van der Waals surface area contributed by atoms with Crippen LogP contribution in [0.5, 0.6) is 0 Å². The van der Waals surface area contributed by atoms with Crippen molar-refractivity contribution in [2.45, 2.75) is 20.3 Å². The minimum atomic E-state index is -0.693. The maximum absolute atomic E-state index is 13.0. The monoisotopic (exact) mass is 249 g/mol. The van der Waals surface area contributed by atoms with Crippen LogP contribution in [0, 0.1) is 22.6 Å². The topological polar surface area (TPSA) is 78.9 Å². The second-order valence-corrected chi connectivity index (χ2v) is 4.37. The molecule has 0 saturated carbocycles. The largest absolute Gasteiger partial charge is 0.329 e. The molecule has 1 aromatic rings. The van der Waals surface area contributed by atoms with Crippen LogP contribution in [0.3, 0.4) is 0 Å². The highest BCUT2D eigenvalue weighted by Gasteiger charge is 2.30. The molecule has 1 amide bonds. The van der Waals surface area contributed by atoms with Gasteiger partial charge in [0.25, 0.3) is 0 Å². The van der Waals surface area contributed by atoms with E-state index in [2.05, 4.69) is 5.32 Å². The van der Waals surface area contributed by atoms with E-state index in [1.165, 1.54) is 12.1 Å². The zero-order valence-electron chi connectivity index (χ0n) is 10.5. The summed E-state index contributed by atoms with van der Waals surface area (Å²) in [6.07, 6.45) is 0.582. The van der Waals surface area contributed by atoms with Crippen molar-refractivity contribution < 1.29 is 9.18 Å². The first kappa shape index (κ1) is 14.1. The van der Waals surface area contributed by atoms with E-state index in [1.54, 1.807) is 6.92 Å². The molecule has 0 saturated heterocycles. The lowest BCUT2D eigenvalue weighted by atomic mass is 9.86. The Labute approximate surface area is 106 Å². The summed E-state index contributed by atoms with van der Waals surface area (Å²) in [4.78, 5) is 12.1. The fourth-order valence-electron chi connectivity index (χ4n) is 1.39. The van der Waals surface area contributed by atoms with Gasteiger partial charge in [0.05, 0.1) is 16.7 Å². The van der Waals surface area contributed by atoms with E-state index in [0.717, 1.165) is 6.07 Å². The van der Waals surface area contributed by atoms with Gasteiger partial charge in [-0.05, 0) is 31.5 Å². The van der Waals surface area contributed by atoms with Crippen molar-refractivity contribution in [3.8, 4) is 6.07 Å². The highest BCUT2D eigenvalue weighted by atomic mass is 19.1. The summed E-state index contributed by atoms with van der Waals surface area (Å²) in [5.74, 6) is -0.780. The first-order valence-corrected chi connectivity index (χ1v) is 5.68. The number of benzene rings is 1. The summed E-state index contributed by atoms with van der Waals surface area (Å²) in [5.41, 5.74) is 5.29. The van der Waals surface area contributed by atoms with Crippen molar-refractivity contribution in [2.75, 3.05) is 11.9 Å². The van der Waals surface area contributed by atoms with Gasteiger partial charge in [-0.15, -0.1) is 0 Å². The molecule has 18 heavy (non-hydrogen) atoms. The van der Waals surface area contributed by atoms with E-state index in [-0.39, 0.29) is 18.0 Å². The molecule has 3 N–H and O–H groups in total. The molecule has 0 bridgehead atoms. The molecule has 0 aliphatic carbocycles. The number of carbonyl (C=O) groups excluding carboxylic acids is 1. The molecular weight excluding hydrogens is 233 g/mol. The van der Waals surface area contributed by atoms with Gasteiger partial charge in [-0.25, -0.2) is 4.39 Å². The van der Waals surface area contributed by atoms with Gasteiger partial charge in [-0.2, -0.15) is 5.26 Å². The Morgan fingerprint density at radius 1 is 1.61 bits per heavy atom. The van der Waals surface area contributed by atoms with Crippen LogP contribution in [0.1, 0.15) is 25.8 Å². The molecule has 4 nitrogen and oxygen atoms in total. The van der Waals surface area contributed by atoms with Crippen molar-refractivity contribution in [3.63, 3.8) is 0 Å². The van der Waals surface area contributed by atoms with Crippen molar-refractivity contribution in [1.82, 2.24) is 0 Å². The van der Waals surface area contributed by atoms with Crippen molar-refractivity contribution in [1.29, 1.82) is 5.26 Å². The van der Waals surface area contributed by atoms with E-state index >= 15 is 0 Å². The molecular formula is C13H16FN3O. The smallest absolute Gasteiger partial charge is 0.231 e. The van der Waals surface area contributed by atoms with Gasteiger partial charge in [0.1, 0.15) is 11.9 Å². The normalized spacial score (nSPS) is 13.5. The number of nitriles is 1. The highest BCUT2D eigenvalue weighted by Crippen LogP contribution is 2.23. The summed E-state index contributed by atoms with van der Waals surface area (Å²) in [7, 11) is 0. The summed E-state index contributed by atoms with van der Waals surface area (Å²) in [6.45, 7) is 3.82. The number of halogens is 1. The summed E-state index contributed by atoms with van der Waals surface area (Å²) in [6, 6.07) is 5.50. The van der Waals surface area contributed by atoms with Gasteiger partial charge >= 0.3 is 0 Å². The molecule has 0 aliphatic heterocycles. The van der Waals surface area contributed by atoms with Gasteiger partial charge in [0.15, 0.2) is 0 Å². The number of rotatable bonds is 4. The van der Waals surface area contributed by atoms with E-state index in [9.17, 15) is 9.18 Å². The third-order valence-corrected chi connectivity index (χ3v) is 3.13. The minimum absolute atomic E-state index is 0.0961. The van der Waals surface area contributed by atoms with E-state index in [4.69, 9.17) is 11.0 Å². The number of hydrogen-bond donors (Lipinski definition) is 2.